The van der Waals surface area contributed by atoms with E-state index < -0.39 is 10.1 Å². The summed E-state index contributed by atoms with van der Waals surface area (Å²) in [6.45, 7) is 6.19. The van der Waals surface area contributed by atoms with Gasteiger partial charge in [0.25, 0.3) is 10.1 Å². The second kappa shape index (κ2) is 9.05. The van der Waals surface area contributed by atoms with E-state index in [0.717, 1.165) is 17.6 Å². The Hall–Kier alpha value is -2.05. The fourth-order valence-corrected chi connectivity index (χ4v) is 2.72. The summed E-state index contributed by atoms with van der Waals surface area (Å²) >= 11 is 0. The molecule has 0 heterocycles. The molecule has 0 radical (unpaired) electrons. The van der Waals surface area contributed by atoms with Gasteiger partial charge < -0.3 is 9.47 Å². The van der Waals surface area contributed by atoms with Crippen LogP contribution in [0.2, 0.25) is 0 Å². The van der Waals surface area contributed by atoms with Gasteiger partial charge in [0, 0.05) is 6.42 Å². The summed E-state index contributed by atoms with van der Waals surface area (Å²) in [5, 5.41) is 0. The first kappa shape index (κ1) is 20.3. The maximum atomic E-state index is 11.0. The number of hydrogen-bond acceptors (Lipinski definition) is 5. The molecule has 0 spiro atoms. The molecular weight excluding hydrogens is 352 g/mol. The molecule has 2 aromatic carbocycles. The van der Waals surface area contributed by atoms with Crippen molar-refractivity contribution < 1.29 is 22.1 Å². The van der Waals surface area contributed by atoms with Gasteiger partial charge in [-0.1, -0.05) is 38.1 Å². The molecule has 0 aromatic heterocycles. The monoisotopic (exact) mass is 378 g/mol. The van der Waals surface area contributed by atoms with E-state index in [1.807, 2.05) is 55.5 Å². The van der Waals surface area contributed by atoms with Gasteiger partial charge in [0.1, 0.15) is 5.75 Å². The minimum absolute atomic E-state index is 0.0823. The van der Waals surface area contributed by atoms with Crippen molar-refractivity contribution in [3.8, 4) is 17.2 Å². The summed E-state index contributed by atoms with van der Waals surface area (Å²) in [7, 11) is -3.44. The summed E-state index contributed by atoms with van der Waals surface area (Å²) in [5.74, 6) is 2.34. The standard InChI is InChI=1S/C20H26O5S/c1-15(2)17-10-11-19(24-16(3)12-13-23-26(4,21)22)20(14-17)25-18-8-6-5-7-9-18/h5-11,14-16H,12-13H2,1-4H3. The molecule has 0 N–H and O–H groups in total. The predicted molar refractivity (Wildman–Crippen MR) is 103 cm³/mol. The third-order valence-electron chi connectivity index (χ3n) is 3.76. The summed E-state index contributed by atoms with van der Waals surface area (Å²) < 4.78 is 38.8. The predicted octanol–water partition coefficient (Wildman–Crippen LogP) is 4.74. The van der Waals surface area contributed by atoms with Gasteiger partial charge in [0.05, 0.1) is 19.0 Å². The molecule has 1 atom stereocenters. The minimum atomic E-state index is -3.44. The summed E-state index contributed by atoms with van der Waals surface area (Å²) in [5.41, 5.74) is 1.15. The lowest BCUT2D eigenvalue weighted by Gasteiger charge is -2.19. The van der Waals surface area contributed by atoms with Crippen LogP contribution in [0.15, 0.2) is 48.5 Å². The molecule has 6 heteroatoms. The van der Waals surface area contributed by atoms with Gasteiger partial charge >= 0.3 is 0 Å². The van der Waals surface area contributed by atoms with Crippen LogP contribution in [0.1, 0.15) is 38.7 Å². The molecule has 0 saturated carbocycles. The smallest absolute Gasteiger partial charge is 0.264 e. The fourth-order valence-electron chi connectivity index (χ4n) is 2.32. The normalized spacial score (nSPS) is 12.8. The molecule has 0 saturated heterocycles. The third kappa shape index (κ3) is 6.69. The molecule has 0 aliphatic heterocycles. The summed E-state index contributed by atoms with van der Waals surface area (Å²) in [4.78, 5) is 0. The van der Waals surface area contributed by atoms with Crippen LogP contribution in [-0.4, -0.2) is 27.4 Å². The van der Waals surface area contributed by atoms with E-state index in [9.17, 15) is 8.42 Å². The van der Waals surface area contributed by atoms with Gasteiger partial charge in [0.15, 0.2) is 11.5 Å². The van der Waals surface area contributed by atoms with E-state index in [0.29, 0.717) is 23.8 Å². The molecule has 0 fully saturated rings. The van der Waals surface area contributed by atoms with Crippen molar-refractivity contribution in [1.29, 1.82) is 0 Å². The van der Waals surface area contributed by atoms with E-state index in [2.05, 4.69) is 13.8 Å². The fraction of sp³-hybridized carbons (Fsp3) is 0.400. The van der Waals surface area contributed by atoms with Crippen molar-refractivity contribution in [3.05, 3.63) is 54.1 Å². The van der Waals surface area contributed by atoms with Gasteiger partial charge in [-0.15, -0.1) is 0 Å². The SMILES string of the molecule is CC(CCOS(C)(=O)=O)Oc1ccc(C(C)C)cc1Oc1ccccc1. The highest BCUT2D eigenvalue weighted by Crippen LogP contribution is 2.35. The topological polar surface area (TPSA) is 61.8 Å². The maximum Gasteiger partial charge on any atom is 0.264 e. The van der Waals surface area contributed by atoms with E-state index in [1.165, 1.54) is 0 Å². The van der Waals surface area contributed by atoms with Crippen molar-refractivity contribution in [1.82, 2.24) is 0 Å². The Morgan fingerprint density at radius 3 is 2.27 bits per heavy atom. The number of para-hydroxylation sites is 1. The zero-order chi connectivity index (χ0) is 19.2. The molecule has 0 bridgehead atoms. The van der Waals surface area contributed by atoms with Gasteiger partial charge in [-0.3, -0.25) is 4.18 Å². The highest BCUT2D eigenvalue weighted by atomic mass is 32.2. The zero-order valence-electron chi connectivity index (χ0n) is 15.6. The van der Waals surface area contributed by atoms with Crippen LogP contribution < -0.4 is 9.47 Å². The number of ether oxygens (including phenoxy) is 2. The van der Waals surface area contributed by atoms with Gasteiger partial charge in [-0.25, -0.2) is 0 Å². The first-order valence-electron chi connectivity index (χ1n) is 8.62. The Labute approximate surface area is 156 Å². The van der Waals surface area contributed by atoms with Crippen LogP contribution >= 0.6 is 0 Å². The summed E-state index contributed by atoms with van der Waals surface area (Å²) in [6, 6.07) is 15.4. The Morgan fingerprint density at radius 1 is 0.962 bits per heavy atom. The molecule has 1 unspecified atom stereocenters. The Bertz CT molecular complexity index is 800. The molecule has 0 aliphatic carbocycles. The number of hydrogen-bond donors (Lipinski definition) is 0. The first-order valence-corrected chi connectivity index (χ1v) is 10.4. The van der Waals surface area contributed by atoms with E-state index in [-0.39, 0.29) is 12.7 Å². The first-order chi connectivity index (χ1) is 12.2. The quantitative estimate of drug-likeness (QED) is 0.590. The Morgan fingerprint density at radius 2 is 1.65 bits per heavy atom. The molecule has 2 aromatic rings. The molecule has 26 heavy (non-hydrogen) atoms. The lowest BCUT2D eigenvalue weighted by atomic mass is 10.0. The minimum Gasteiger partial charge on any atom is -0.487 e. The summed E-state index contributed by atoms with van der Waals surface area (Å²) in [6.07, 6.45) is 1.26. The molecule has 2 rings (SSSR count). The Balaban J connectivity index is 2.13. The second-order valence-corrected chi connectivity index (χ2v) is 8.16. The third-order valence-corrected chi connectivity index (χ3v) is 4.35. The average molecular weight is 378 g/mol. The van der Waals surface area contributed by atoms with Crippen LogP contribution in [0, 0.1) is 0 Å². The van der Waals surface area contributed by atoms with E-state index >= 15 is 0 Å². The van der Waals surface area contributed by atoms with Crippen molar-refractivity contribution in [2.24, 2.45) is 0 Å². The van der Waals surface area contributed by atoms with Crippen molar-refractivity contribution in [2.45, 2.75) is 39.2 Å². The molecule has 0 amide bonds. The molecule has 0 aliphatic rings. The van der Waals surface area contributed by atoms with Crippen LogP contribution in [0.5, 0.6) is 17.2 Å². The van der Waals surface area contributed by atoms with Gasteiger partial charge in [0.2, 0.25) is 0 Å². The molecule has 5 nitrogen and oxygen atoms in total. The second-order valence-electron chi connectivity index (χ2n) is 6.52. The van der Waals surface area contributed by atoms with Crippen LogP contribution in [-0.2, 0) is 14.3 Å². The Kier molecular flexibility index (Phi) is 7.06. The molecule has 142 valence electrons. The highest BCUT2D eigenvalue weighted by molar-refractivity contribution is 7.85. The van der Waals surface area contributed by atoms with Crippen LogP contribution in [0.3, 0.4) is 0 Å². The zero-order valence-corrected chi connectivity index (χ0v) is 16.5. The lowest BCUT2D eigenvalue weighted by molar-refractivity contribution is 0.175. The van der Waals surface area contributed by atoms with Crippen molar-refractivity contribution in [2.75, 3.05) is 12.9 Å². The van der Waals surface area contributed by atoms with E-state index in [4.69, 9.17) is 13.7 Å². The van der Waals surface area contributed by atoms with Crippen molar-refractivity contribution >= 4 is 10.1 Å². The van der Waals surface area contributed by atoms with Crippen LogP contribution in [0.4, 0.5) is 0 Å². The number of benzene rings is 2. The van der Waals surface area contributed by atoms with E-state index in [1.54, 1.807) is 0 Å². The molecular formula is C20H26O5S. The van der Waals surface area contributed by atoms with Gasteiger partial charge in [-0.2, -0.15) is 8.42 Å². The maximum absolute atomic E-state index is 11.0. The average Bonchev–Trinajstić information content (AvgIpc) is 2.56. The largest absolute Gasteiger partial charge is 0.487 e. The van der Waals surface area contributed by atoms with Crippen molar-refractivity contribution in [3.63, 3.8) is 0 Å². The van der Waals surface area contributed by atoms with Gasteiger partial charge in [-0.05, 0) is 42.7 Å². The van der Waals surface area contributed by atoms with Crippen LogP contribution in [0.25, 0.3) is 0 Å². The highest BCUT2D eigenvalue weighted by Gasteiger charge is 2.14. The number of rotatable bonds is 9. The lowest BCUT2D eigenvalue weighted by Crippen LogP contribution is -2.16.